The van der Waals surface area contributed by atoms with Gasteiger partial charge in [-0.15, -0.1) is 0 Å². The minimum Gasteiger partial charge on any atom is -0.264 e. The van der Waals surface area contributed by atoms with E-state index in [1.165, 1.54) is 51.4 Å². The van der Waals surface area contributed by atoms with Crippen LogP contribution in [0.15, 0.2) is 0 Å². The van der Waals surface area contributed by atoms with Crippen molar-refractivity contribution in [2.75, 3.05) is 6.61 Å². The molecule has 0 saturated carbocycles. The SMILES string of the molecule is CCCCC(C)CCCCCCCCCOS(=O)(=O)O. The van der Waals surface area contributed by atoms with Gasteiger partial charge in [-0.05, 0) is 12.3 Å². The summed E-state index contributed by atoms with van der Waals surface area (Å²) in [6.07, 6.45) is 13.2. The van der Waals surface area contributed by atoms with E-state index in [1.54, 1.807) is 0 Å². The van der Waals surface area contributed by atoms with Crippen molar-refractivity contribution in [3.05, 3.63) is 0 Å². The van der Waals surface area contributed by atoms with Gasteiger partial charge in [-0.25, -0.2) is 4.18 Å². The third-order valence-corrected chi connectivity index (χ3v) is 4.09. The molecule has 0 heterocycles. The summed E-state index contributed by atoms with van der Waals surface area (Å²) >= 11 is 0. The Bertz CT molecular complexity index is 301. The van der Waals surface area contributed by atoms with Crippen LogP contribution in [0.4, 0.5) is 0 Å². The van der Waals surface area contributed by atoms with E-state index in [0.29, 0.717) is 6.42 Å². The van der Waals surface area contributed by atoms with Gasteiger partial charge in [0.05, 0.1) is 6.61 Å². The molecule has 1 unspecified atom stereocenters. The maximum Gasteiger partial charge on any atom is 0.397 e. The molecule has 0 spiro atoms. The van der Waals surface area contributed by atoms with Gasteiger partial charge in [-0.2, -0.15) is 8.42 Å². The summed E-state index contributed by atoms with van der Waals surface area (Å²) in [7, 11) is -4.24. The monoisotopic (exact) mass is 308 g/mol. The van der Waals surface area contributed by atoms with Crippen LogP contribution in [0.5, 0.6) is 0 Å². The Balaban J connectivity index is 3.17. The molecular weight excluding hydrogens is 276 g/mol. The summed E-state index contributed by atoms with van der Waals surface area (Å²) in [6, 6.07) is 0. The van der Waals surface area contributed by atoms with Crippen molar-refractivity contribution in [1.82, 2.24) is 0 Å². The fourth-order valence-electron chi connectivity index (χ4n) is 2.34. The molecule has 0 aromatic heterocycles. The van der Waals surface area contributed by atoms with E-state index in [0.717, 1.165) is 18.8 Å². The first kappa shape index (κ1) is 19.9. The molecule has 0 aliphatic carbocycles. The summed E-state index contributed by atoms with van der Waals surface area (Å²) in [5, 5.41) is 0. The Morgan fingerprint density at radius 1 is 0.900 bits per heavy atom. The lowest BCUT2D eigenvalue weighted by Gasteiger charge is -2.10. The molecule has 0 aliphatic heterocycles. The summed E-state index contributed by atoms with van der Waals surface area (Å²) < 4.78 is 33.2. The van der Waals surface area contributed by atoms with E-state index in [2.05, 4.69) is 18.0 Å². The third-order valence-electron chi connectivity index (χ3n) is 3.62. The molecule has 1 N–H and O–H groups in total. The first-order valence-electron chi connectivity index (χ1n) is 8.07. The molecule has 0 aromatic rings. The van der Waals surface area contributed by atoms with E-state index >= 15 is 0 Å². The topological polar surface area (TPSA) is 63.6 Å². The van der Waals surface area contributed by atoms with Crippen molar-refractivity contribution in [1.29, 1.82) is 0 Å². The lowest BCUT2D eigenvalue weighted by atomic mass is 9.97. The maximum absolute atomic E-state index is 10.3. The Hall–Kier alpha value is -0.130. The minimum absolute atomic E-state index is 0.0910. The van der Waals surface area contributed by atoms with Crippen LogP contribution in [0.25, 0.3) is 0 Å². The first-order valence-corrected chi connectivity index (χ1v) is 9.44. The van der Waals surface area contributed by atoms with Crippen molar-refractivity contribution < 1.29 is 17.2 Å². The standard InChI is InChI=1S/C15H32O4S/c1-3-4-12-15(2)13-10-8-6-5-7-9-11-14-19-20(16,17)18/h15H,3-14H2,1-2H3,(H,16,17,18). The van der Waals surface area contributed by atoms with Gasteiger partial charge >= 0.3 is 10.4 Å². The lowest BCUT2D eigenvalue weighted by Crippen LogP contribution is -2.04. The molecule has 0 saturated heterocycles. The molecule has 0 amide bonds. The normalized spacial score (nSPS) is 13.6. The van der Waals surface area contributed by atoms with E-state index in [9.17, 15) is 8.42 Å². The second-order valence-electron chi connectivity index (χ2n) is 5.76. The molecule has 5 heteroatoms. The predicted molar refractivity (Wildman–Crippen MR) is 83.1 cm³/mol. The highest BCUT2D eigenvalue weighted by Gasteiger charge is 2.03. The second kappa shape index (κ2) is 12.6. The maximum atomic E-state index is 10.3. The number of hydrogen-bond acceptors (Lipinski definition) is 3. The van der Waals surface area contributed by atoms with Gasteiger partial charge in [0.2, 0.25) is 0 Å². The molecule has 1 atom stereocenters. The summed E-state index contributed by atoms with van der Waals surface area (Å²) in [5.41, 5.74) is 0. The van der Waals surface area contributed by atoms with Crippen molar-refractivity contribution in [3.63, 3.8) is 0 Å². The number of unbranched alkanes of at least 4 members (excludes halogenated alkanes) is 7. The Morgan fingerprint density at radius 3 is 1.95 bits per heavy atom. The lowest BCUT2D eigenvalue weighted by molar-refractivity contribution is 0.261. The van der Waals surface area contributed by atoms with Gasteiger partial charge in [0.15, 0.2) is 0 Å². The first-order chi connectivity index (χ1) is 9.45. The Kier molecular flexibility index (Phi) is 12.5. The average molecular weight is 308 g/mol. The smallest absolute Gasteiger partial charge is 0.264 e. The van der Waals surface area contributed by atoms with Gasteiger partial charge in [-0.1, -0.05) is 78.1 Å². The van der Waals surface area contributed by atoms with Crippen molar-refractivity contribution >= 4 is 10.4 Å². The Labute approximate surface area is 125 Å². The molecule has 0 aliphatic rings. The van der Waals surface area contributed by atoms with Crippen LogP contribution in [0, 0.1) is 5.92 Å². The summed E-state index contributed by atoms with van der Waals surface area (Å²) in [6.45, 7) is 4.69. The molecule has 0 radical (unpaired) electrons. The fourth-order valence-corrected chi connectivity index (χ4v) is 2.67. The molecule has 0 bridgehead atoms. The summed E-state index contributed by atoms with van der Waals surface area (Å²) in [4.78, 5) is 0. The minimum atomic E-state index is -4.24. The predicted octanol–water partition coefficient (Wildman–Crippen LogP) is 4.75. The van der Waals surface area contributed by atoms with Crippen LogP contribution in [-0.2, 0) is 14.6 Å². The van der Waals surface area contributed by atoms with E-state index in [-0.39, 0.29) is 6.61 Å². The van der Waals surface area contributed by atoms with Crippen molar-refractivity contribution in [2.45, 2.75) is 84.5 Å². The zero-order valence-corrected chi connectivity index (χ0v) is 14.0. The van der Waals surface area contributed by atoms with E-state index in [4.69, 9.17) is 4.55 Å². The molecule has 122 valence electrons. The third kappa shape index (κ3) is 15.9. The second-order valence-corrected chi connectivity index (χ2v) is 6.85. The van der Waals surface area contributed by atoms with Gasteiger partial charge in [0, 0.05) is 0 Å². The molecule has 0 aromatic carbocycles. The molecular formula is C15H32O4S. The highest BCUT2D eigenvalue weighted by Crippen LogP contribution is 2.17. The quantitative estimate of drug-likeness (QED) is 0.371. The fraction of sp³-hybridized carbons (Fsp3) is 1.00. The van der Waals surface area contributed by atoms with Gasteiger partial charge in [0.25, 0.3) is 0 Å². The van der Waals surface area contributed by atoms with E-state index < -0.39 is 10.4 Å². The zero-order valence-electron chi connectivity index (χ0n) is 13.1. The molecule has 0 fully saturated rings. The van der Waals surface area contributed by atoms with Crippen LogP contribution < -0.4 is 0 Å². The highest BCUT2D eigenvalue weighted by molar-refractivity contribution is 7.80. The molecule has 0 rings (SSSR count). The van der Waals surface area contributed by atoms with E-state index in [1.807, 2.05) is 0 Å². The number of rotatable bonds is 14. The Morgan fingerprint density at radius 2 is 1.40 bits per heavy atom. The molecule has 4 nitrogen and oxygen atoms in total. The van der Waals surface area contributed by atoms with Crippen molar-refractivity contribution in [2.24, 2.45) is 5.92 Å². The summed E-state index contributed by atoms with van der Waals surface area (Å²) in [5.74, 6) is 0.868. The number of hydrogen-bond donors (Lipinski definition) is 1. The van der Waals surface area contributed by atoms with Gasteiger partial charge in [-0.3, -0.25) is 4.55 Å². The largest absolute Gasteiger partial charge is 0.397 e. The highest BCUT2D eigenvalue weighted by atomic mass is 32.3. The zero-order chi connectivity index (χ0) is 15.3. The van der Waals surface area contributed by atoms with Crippen LogP contribution >= 0.6 is 0 Å². The van der Waals surface area contributed by atoms with Crippen molar-refractivity contribution in [3.8, 4) is 0 Å². The van der Waals surface area contributed by atoms with Gasteiger partial charge in [0.1, 0.15) is 0 Å². The van der Waals surface area contributed by atoms with Crippen LogP contribution in [-0.4, -0.2) is 19.6 Å². The van der Waals surface area contributed by atoms with Crippen LogP contribution in [0.3, 0.4) is 0 Å². The van der Waals surface area contributed by atoms with Crippen LogP contribution in [0.2, 0.25) is 0 Å². The van der Waals surface area contributed by atoms with Crippen LogP contribution in [0.1, 0.15) is 84.5 Å². The molecule has 20 heavy (non-hydrogen) atoms. The average Bonchev–Trinajstić information content (AvgIpc) is 2.37. The van der Waals surface area contributed by atoms with Gasteiger partial charge < -0.3 is 0 Å².